The van der Waals surface area contributed by atoms with E-state index in [-0.39, 0.29) is 10.6 Å². The highest BCUT2D eigenvalue weighted by molar-refractivity contribution is 8.00. The average molecular weight is 291 g/mol. The van der Waals surface area contributed by atoms with Crippen molar-refractivity contribution in [1.29, 1.82) is 0 Å². The monoisotopic (exact) mass is 291 g/mol. The van der Waals surface area contributed by atoms with Gasteiger partial charge in [-0.2, -0.15) is 16.9 Å². The zero-order valence-corrected chi connectivity index (χ0v) is 11.8. The van der Waals surface area contributed by atoms with Crippen LogP contribution in [0.25, 0.3) is 0 Å². The molecule has 1 atom stereocenters. The second kappa shape index (κ2) is 5.60. The number of H-pyrrole nitrogens is 1. The van der Waals surface area contributed by atoms with Gasteiger partial charge in [0.15, 0.2) is 0 Å². The Morgan fingerprint density at radius 2 is 2.39 bits per heavy atom. The first-order valence-electron chi connectivity index (χ1n) is 5.80. The molecule has 0 saturated carbocycles. The number of aliphatic hydroxyl groups is 1. The van der Waals surface area contributed by atoms with E-state index in [9.17, 15) is 8.42 Å². The smallest absolute Gasteiger partial charge is 0.244 e. The van der Waals surface area contributed by atoms with Gasteiger partial charge in [0.05, 0.1) is 12.3 Å². The highest BCUT2D eigenvalue weighted by atomic mass is 32.2. The Hall–Kier alpha value is -0.570. The van der Waals surface area contributed by atoms with E-state index in [1.165, 1.54) is 0 Å². The van der Waals surface area contributed by atoms with Crippen LogP contribution in [0.5, 0.6) is 0 Å². The number of hydrogen-bond donors (Lipinski definition) is 3. The summed E-state index contributed by atoms with van der Waals surface area (Å²) in [5.74, 6) is 1.10. The molecule has 3 N–H and O–H groups in total. The summed E-state index contributed by atoms with van der Waals surface area (Å²) in [5, 5.41) is 15.8. The summed E-state index contributed by atoms with van der Waals surface area (Å²) < 4.78 is 26.9. The lowest BCUT2D eigenvalue weighted by molar-refractivity contribution is 0.273. The number of thioether (sulfide) groups is 1. The van der Waals surface area contributed by atoms with Crippen LogP contribution < -0.4 is 4.72 Å². The van der Waals surface area contributed by atoms with Crippen molar-refractivity contribution in [2.45, 2.75) is 36.5 Å². The Morgan fingerprint density at radius 3 is 3.00 bits per heavy atom. The molecule has 1 unspecified atom stereocenters. The predicted octanol–water partition coefficient (Wildman–Crippen LogP) is 0.384. The van der Waals surface area contributed by atoms with Crippen molar-refractivity contribution in [1.82, 2.24) is 14.9 Å². The van der Waals surface area contributed by atoms with Gasteiger partial charge in [0.25, 0.3) is 0 Å². The second-order valence-corrected chi connectivity index (χ2v) is 7.38. The third kappa shape index (κ3) is 2.87. The lowest BCUT2D eigenvalue weighted by atomic mass is 10.2. The number of nitrogens with zero attached hydrogens (tertiary/aromatic N) is 1. The number of hydrogen-bond acceptors (Lipinski definition) is 5. The molecule has 18 heavy (non-hydrogen) atoms. The predicted molar refractivity (Wildman–Crippen MR) is 69.9 cm³/mol. The molecule has 0 bridgehead atoms. The van der Waals surface area contributed by atoms with E-state index in [0.29, 0.717) is 17.5 Å². The molecule has 1 aromatic rings. The van der Waals surface area contributed by atoms with Crippen molar-refractivity contribution in [3.63, 3.8) is 0 Å². The van der Waals surface area contributed by atoms with Crippen LogP contribution in [0.1, 0.15) is 24.2 Å². The van der Waals surface area contributed by atoms with Crippen LogP contribution in [-0.4, -0.2) is 41.3 Å². The van der Waals surface area contributed by atoms with Gasteiger partial charge in [0.2, 0.25) is 10.0 Å². The maximum atomic E-state index is 12.2. The molecule has 1 saturated heterocycles. The van der Waals surface area contributed by atoms with Gasteiger partial charge in [0, 0.05) is 11.8 Å². The van der Waals surface area contributed by atoms with Crippen LogP contribution in [0.2, 0.25) is 0 Å². The van der Waals surface area contributed by atoms with E-state index in [0.717, 1.165) is 18.6 Å². The number of aromatic nitrogens is 2. The van der Waals surface area contributed by atoms with Crippen molar-refractivity contribution in [3.8, 4) is 0 Å². The summed E-state index contributed by atoms with van der Waals surface area (Å²) in [6.45, 7) is 1.67. The number of sulfonamides is 1. The lowest BCUT2D eigenvalue weighted by Gasteiger charge is -2.11. The molecule has 0 aromatic carbocycles. The summed E-state index contributed by atoms with van der Waals surface area (Å²) in [5.41, 5.74) is 0.615. The minimum atomic E-state index is -3.59. The summed E-state index contributed by atoms with van der Waals surface area (Å²) in [7, 11) is -3.59. The molecular formula is C10H17N3O3S2. The zero-order valence-electron chi connectivity index (χ0n) is 10.1. The molecular weight excluding hydrogens is 274 g/mol. The van der Waals surface area contributed by atoms with Crippen molar-refractivity contribution in [2.24, 2.45) is 0 Å². The van der Waals surface area contributed by atoms with Crippen LogP contribution in [-0.2, 0) is 16.6 Å². The first-order chi connectivity index (χ1) is 8.54. The molecule has 0 spiro atoms. The van der Waals surface area contributed by atoms with E-state index in [1.54, 1.807) is 18.7 Å². The van der Waals surface area contributed by atoms with Gasteiger partial charge in [-0.1, -0.05) is 0 Å². The standard InChI is InChI=1S/C10H17N3O3S2/c1-7-10(9(6-14)13-12-7)18(15,16)11-5-8-3-2-4-17-8/h8,11,14H,2-6H2,1H3,(H,12,13). The fraction of sp³-hybridized carbons (Fsp3) is 0.700. The molecule has 8 heteroatoms. The number of aromatic amines is 1. The highest BCUT2D eigenvalue weighted by Gasteiger charge is 2.25. The summed E-state index contributed by atoms with van der Waals surface area (Å²) in [6.07, 6.45) is 2.19. The molecule has 1 aromatic heterocycles. The minimum Gasteiger partial charge on any atom is -0.390 e. The second-order valence-electron chi connectivity index (χ2n) is 4.27. The molecule has 2 rings (SSSR count). The summed E-state index contributed by atoms with van der Waals surface area (Å²) in [4.78, 5) is 0.0768. The van der Waals surface area contributed by atoms with Crippen LogP contribution in [0, 0.1) is 6.92 Å². The van der Waals surface area contributed by atoms with Crippen molar-refractivity contribution in [2.75, 3.05) is 12.3 Å². The Balaban J connectivity index is 2.11. The van der Waals surface area contributed by atoms with E-state index in [2.05, 4.69) is 14.9 Å². The average Bonchev–Trinajstić information content (AvgIpc) is 2.95. The van der Waals surface area contributed by atoms with Gasteiger partial charge in [-0.25, -0.2) is 13.1 Å². The molecule has 0 radical (unpaired) electrons. The maximum absolute atomic E-state index is 12.2. The van der Waals surface area contributed by atoms with Gasteiger partial charge in [-0.15, -0.1) is 0 Å². The van der Waals surface area contributed by atoms with E-state index in [1.807, 2.05) is 0 Å². The number of aliphatic hydroxyl groups excluding tert-OH is 1. The summed E-state index contributed by atoms with van der Waals surface area (Å²) >= 11 is 1.79. The molecule has 2 heterocycles. The van der Waals surface area contributed by atoms with Crippen LogP contribution in [0.3, 0.4) is 0 Å². The minimum absolute atomic E-state index is 0.0768. The van der Waals surface area contributed by atoms with E-state index >= 15 is 0 Å². The Labute approximate surface area is 111 Å². The third-order valence-corrected chi connectivity index (χ3v) is 5.93. The quantitative estimate of drug-likeness (QED) is 0.729. The molecule has 6 nitrogen and oxygen atoms in total. The lowest BCUT2D eigenvalue weighted by Crippen LogP contribution is -2.30. The third-order valence-electron chi connectivity index (χ3n) is 2.90. The topological polar surface area (TPSA) is 95.1 Å². The Kier molecular flexibility index (Phi) is 4.31. The first-order valence-corrected chi connectivity index (χ1v) is 8.33. The molecule has 0 amide bonds. The number of rotatable bonds is 5. The van der Waals surface area contributed by atoms with Crippen molar-refractivity contribution < 1.29 is 13.5 Å². The van der Waals surface area contributed by atoms with E-state index < -0.39 is 16.6 Å². The fourth-order valence-corrected chi connectivity index (χ4v) is 4.75. The number of nitrogens with one attached hydrogen (secondary N) is 2. The number of aryl methyl sites for hydroxylation is 1. The Morgan fingerprint density at radius 1 is 1.61 bits per heavy atom. The van der Waals surface area contributed by atoms with Crippen LogP contribution in [0.4, 0.5) is 0 Å². The van der Waals surface area contributed by atoms with E-state index in [4.69, 9.17) is 5.11 Å². The molecule has 0 aliphatic carbocycles. The normalized spacial score (nSPS) is 20.4. The van der Waals surface area contributed by atoms with Gasteiger partial charge in [0.1, 0.15) is 10.6 Å². The molecule has 1 aliphatic heterocycles. The first kappa shape index (κ1) is 13.9. The highest BCUT2D eigenvalue weighted by Crippen LogP contribution is 2.26. The summed E-state index contributed by atoms with van der Waals surface area (Å²) in [6, 6.07) is 0. The molecule has 1 aliphatic rings. The Bertz CT molecular complexity index is 506. The molecule has 1 fully saturated rings. The van der Waals surface area contributed by atoms with Gasteiger partial charge in [-0.05, 0) is 25.5 Å². The van der Waals surface area contributed by atoms with Crippen LogP contribution >= 0.6 is 11.8 Å². The van der Waals surface area contributed by atoms with Crippen molar-refractivity contribution in [3.05, 3.63) is 11.4 Å². The van der Waals surface area contributed by atoms with Gasteiger partial charge >= 0.3 is 0 Å². The van der Waals surface area contributed by atoms with Gasteiger partial charge < -0.3 is 5.11 Å². The SMILES string of the molecule is Cc1[nH]nc(CO)c1S(=O)(=O)NCC1CCCS1. The largest absolute Gasteiger partial charge is 0.390 e. The maximum Gasteiger partial charge on any atom is 0.244 e. The van der Waals surface area contributed by atoms with Gasteiger partial charge in [-0.3, -0.25) is 5.10 Å². The van der Waals surface area contributed by atoms with Crippen LogP contribution in [0.15, 0.2) is 4.90 Å². The van der Waals surface area contributed by atoms with Crippen molar-refractivity contribution >= 4 is 21.8 Å². The molecule has 102 valence electrons. The zero-order chi connectivity index (χ0) is 13.2. The fourth-order valence-electron chi connectivity index (χ4n) is 2.01.